The Labute approximate surface area is 414 Å². The van der Waals surface area contributed by atoms with Gasteiger partial charge in [-0.15, -0.1) is 0 Å². The van der Waals surface area contributed by atoms with Gasteiger partial charge in [-0.1, -0.05) is 157 Å². The Morgan fingerprint density at radius 1 is 0.368 bits per heavy atom. The predicted molar refractivity (Wildman–Crippen MR) is 270 cm³/mol. The fourth-order valence-corrected chi connectivity index (χ4v) is 8.18. The van der Waals surface area contributed by atoms with E-state index in [2.05, 4.69) is 41.5 Å². The van der Waals surface area contributed by atoms with E-state index in [9.17, 15) is 28.8 Å². The Kier molecular flexibility index (Phi) is 41.7. The molecule has 0 fully saturated rings. The molecule has 0 saturated carbocycles. The minimum atomic E-state index is -1.55. The zero-order valence-electron chi connectivity index (χ0n) is 44.7. The molecule has 0 aromatic carbocycles. The van der Waals surface area contributed by atoms with Gasteiger partial charge in [-0.05, 0) is 89.8 Å². The van der Waals surface area contributed by atoms with Gasteiger partial charge >= 0.3 is 35.8 Å². The molecule has 0 aromatic heterocycles. The Bertz CT molecular complexity index is 1220. The van der Waals surface area contributed by atoms with Gasteiger partial charge in [0.15, 0.2) is 0 Å². The second-order valence-corrected chi connectivity index (χ2v) is 19.9. The normalized spacial score (nSPS) is 11.6. The van der Waals surface area contributed by atoms with Crippen LogP contribution in [0, 0.1) is 23.2 Å². The molecule has 0 radical (unpaired) electrons. The van der Waals surface area contributed by atoms with E-state index in [1.54, 1.807) is 0 Å². The van der Waals surface area contributed by atoms with E-state index >= 15 is 0 Å². The first kappa shape index (κ1) is 64.8. The average Bonchev–Trinajstić information content (AvgIpc) is 3.30. The summed E-state index contributed by atoms with van der Waals surface area (Å²) >= 11 is 0. The van der Waals surface area contributed by atoms with E-state index in [4.69, 9.17) is 28.4 Å². The molecule has 0 rings (SSSR count). The number of esters is 6. The van der Waals surface area contributed by atoms with E-state index in [0.717, 1.165) is 167 Å². The van der Waals surface area contributed by atoms with Crippen LogP contribution in [0.5, 0.6) is 0 Å². The van der Waals surface area contributed by atoms with Gasteiger partial charge in [0.1, 0.15) is 44.7 Å². The van der Waals surface area contributed by atoms with Crippen molar-refractivity contribution in [1.82, 2.24) is 4.90 Å². The molecule has 0 saturated heterocycles. The maximum Gasteiger partial charge on any atom is 0.317 e. The van der Waals surface area contributed by atoms with Crippen molar-refractivity contribution in [3.8, 4) is 0 Å². The highest BCUT2D eigenvalue weighted by Crippen LogP contribution is 2.26. The molecule has 0 spiro atoms. The SMILES string of the molecule is CCCCCC(CCCCC)COC(=O)CC(=O)OCC(COC(=O)CCCCN(C)C)(COC(=O)CC(=O)OCC(CCCCC)CCCCC)COC(=O)CC(CCCCC)CCCCC. The monoisotopic (exact) mass is 968 g/mol. The summed E-state index contributed by atoms with van der Waals surface area (Å²) in [7, 11) is 3.91. The summed E-state index contributed by atoms with van der Waals surface area (Å²) in [5.74, 6) is -3.65. The zero-order chi connectivity index (χ0) is 50.7. The maximum atomic E-state index is 13.6. The Morgan fingerprint density at radius 2 is 0.676 bits per heavy atom. The van der Waals surface area contributed by atoms with Crippen molar-refractivity contribution in [2.75, 3.05) is 60.3 Å². The van der Waals surface area contributed by atoms with Gasteiger partial charge < -0.3 is 33.3 Å². The van der Waals surface area contributed by atoms with Gasteiger partial charge in [-0.2, -0.15) is 0 Å². The van der Waals surface area contributed by atoms with Crippen LogP contribution in [0.15, 0.2) is 0 Å². The molecule has 13 nitrogen and oxygen atoms in total. The van der Waals surface area contributed by atoms with Crippen LogP contribution in [0.3, 0.4) is 0 Å². The van der Waals surface area contributed by atoms with Gasteiger partial charge in [0.2, 0.25) is 0 Å². The summed E-state index contributed by atoms with van der Waals surface area (Å²) in [4.78, 5) is 81.4. The van der Waals surface area contributed by atoms with Crippen molar-refractivity contribution < 1.29 is 57.2 Å². The van der Waals surface area contributed by atoms with Crippen molar-refractivity contribution in [3.05, 3.63) is 0 Å². The highest BCUT2D eigenvalue weighted by atomic mass is 16.6. The topological polar surface area (TPSA) is 161 Å². The largest absolute Gasteiger partial charge is 0.465 e. The van der Waals surface area contributed by atoms with Crippen LogP contribution in [0.2, 0.25) is 0 Å². The molecule has 0 aliphatic carbocycles. The first-order chi connectivity index (χ1) is 32.8. The van der Waals surface area contributed by atoms with E-state index in [1.165, 1.54) is 0 Å². The highest BCUT2D eigenvalue weighted by molar-refractivity contribution is 5.91. The average molecular weight is 968 g/mol. The van der Waals surface area contributed by atoms with Crippen LogP contribution >= 0.6 is 0 Å². The Morgan fingerprint density at radius 3 is 1.01 bits per heavy atom. The van der Waals surface area contributed by atoms with Gasteiger partial charge in [0.25, 0.3) is 0 Å². The van der Waals surface area contributed by atoms with Crippen molar-refractivity contribution in [3.63, 3.8) is 0 Å². The number of carbonyl (C=O) groups is 6. The zero-order valence-corrected chi connectivity index (χ0v) is 44.7. The quantitative estimate of drug-likeness (QED) is 0.0245. The van der Waals surface area contributed by atoms with Crippen LogP contribution < -0.4 is 0 Å². The fourth-order valence-electron chi connectivity index (χ4n) is 8.18. The Balaban J connectivity index is 6.37. The van der Waals surface area contributed by atoms with Crippen molar-refractivity contribution in [2.24, 2.45) is 23.2 Å². The molecule has 0 amide bonds. The molecule has 13 heteroatoms. The van der Waals surface area contributed by atoms with Crippen molar-refractivity contribution >= 4 is 35.8 Å². The first-order valence-corrected chi connectivity index (χ1v) is 27.3. The van der Waals surface area contributed by atoms with E-state index in [-0.39, 0.29) is 43.8 Å². The number of carbonyl (C=O) groups excluding carboxylic acids is 6. The van der Waals surface area contributed by atoms with Crippen LogP contribution in [0.25, 0.3) is 0 Å². The van der Waals surface area contributed by atoms with Crippen LogP contribution in [-0.2, 0) is 57.2 Å². The lowest BCUT2D eigenvalue weighted by molar-refractivity contribution is -0.172. The van der Waals surface area contributed by atoms with Crippen LogP contribution in [-0.4, -0.2) is 101 Å². The molecule has 0 aliphatic rings. The molecular weight excluding hydrogens is 867 g/mol. The molecule has 0 bridgehead atoms. The predicted octanol–water partition coefficient (Wildman–Crippen LogP) is 12.5. The standard InChI is InChI=1S/C55H101NO12/c1-9-15-21-29-46(30-22-16-10-2)37-50(58)66-43-55(42-65-49(57)35-27-28-36-56(7)8,44-67-53(61)38-51(59)63-40-47(31-23-17-11-3)32-24-18-12-4)45-68-54(62)39-52(60)64-41-48(33-25-19-13-5)34-26-20-14-6/h46-48H,9-45H2,1-8H3. The Hall–Kier alpha value is -3.22. The van der Waals surface area contributed by atoms with Gasteiger partial charge in [-0.25, -0.2) is 0 Å². The minimum Gasteiger partial charge on any atom is -0.465 e. The summed E-state index contributed by atoms with van der Waals surface area (Å²) < 4.78 is 34.3. The third-order valence-electron chi connectivity index (χ3n) is 12.7. The van der Waals surface area contributed by atoms with Gasteiger partial charge in [-0.3, -0.25) is 28.8 Å². The number of ether oxygens (including phenoxy) is 6. The summed E-state index contributed by atoms with van der Waals surface area (Å²) in [6.45, 7) is 12.2. The number of rotatable bonds is 47. The number of hydrogen-bond acceptors (Lipinski definition) is 13. The number of unbranched alkanes of at least 4 members (excludes halogenated alkanes) is 13. The molecule has 0 unspecified atom stereocenters. The van der Waals surface area contributed by atoms with Crippen LogP contribution in [0.1, 0.15) is 234 Å². The molecule has 0 aliphatic heterocycles. The molecule has 398 valence electrons. The molecule has 0 aromatic rings. The lowest BCUT2D eigenvalue weighted by atomic mass is 9.91. The molecule has 68 heavy (non-hydrogen) atoms. The third-order valence-corrected chi connectivity index (χ3v) is 12.7. The number of nitrogens with zero attached hydrogens (tertiary/aromatic N) is 1. The summed E-state index contributed by atoms with van der Waals surface area (Å²) in [6, 6.07) is 0. The lowest BCUT2D eigenvalue weighted by Crippen LogP contribution is -2.44. The summed E-state index contributed by atoms with van der Waals surface area (Å²) in [6.07, 6.45) is 25.1. The third kappa shape index (κ3) is 37.6. The summed E-state index contributed by atoms with van der Waals surface area (Å²) in [5, 5.41) is 0. The fraction of sp³-hybridized carbons (Fsp3) is 0.891. The molecular formula is C55H101NO12. The second-order valence-electron chi connectivity index (χ2n) is 19.9. The van der Waals surface area contributed by atoms with E-state index in [1.807, 2.05) is 19.0 Å². The van der Waals surface area contributed by atoms with Crippen LogP contribution in [0.4, 0.5) is 0 Å². The summed E-state index contributed by atoms with van der Waals surface area (Å²) in [5.41, 5.74) is -1.55. The highest BCUT2D eigenvalue weighted by Gasteiger charge is 2.39. The molecule has 0 atom stereocenters. The van der Waals surface area contributed by atoms with E-state index in [0.29, 0.717) is 6.42 Å². The van der Waals surface area contributed by atoms with Crippen molar-refractivity contribution in [1.29, 1.82) is 0 Å². The van der Waals surface area contributed by atoms with Crippen molar-refractivity contribution in [2.45, 2.75) is 234 Å². The van der Waals surface area contributed by atoms with Gasteiger partial charge in [0.05, 0.1) is 13.2 Å². The number of hydrogen-bond donors (Lipinski definition) is 0. The first-order valence-electron chi connectivity index (χ1n) is 27.3. The smallest absolute Gasteiger partial charge is 0.317 e. The molecule has 0 heterocycles. The van der Waals surface area contributed by atoms with E-state index < -0.39 is 80.5 Å². The maximum absolute atomic E-state index is 13.6. The second kappa shape index (κ2) is 43.8. The van der Waals surface area contributed by atoms with Gasteiger partial charge in [0, 0.05) is 12.8 Å². The lowest BCUT2D eigenvalue weighted by Gasteiger charge is -2.32. The minimum absolute atomic E-state index is 0.119. The molecule has 0 N–H and O–H groups in total.